The molecule has 0 aliphatic carbocycles. The van der Waals surface area contributed by atoms with Gasteiger partial charge in [-0.25, -0.2) is 0 Å². The van der Waals surface area contributed by atoms with Gasteiger partial charge >= 0.3 is 0 Å². The summed E-state index contributed by atoms with van der Waals surface area (Å²) in [7, 11) is 0. The molecule has 0 radical (unpaired) electrons. The highest BCUT2D eigenvalue weighted by Gasteiger charge is 2.20. The Balaban J connectivity index is 1.76. The molecule has 1 unspecified atom stereocenters. The van der Waals surface area contributed by atoms with Gasteiger partial charge in [-0.05, 0) is 60.9 Å². The molecule has 1 aliphatic rings. The van der Waals surface area contributed by atoms with Crippen molar-refractivity contribution in [2.45, 2.75) is 37.8 Å². The molecule has 1 atom stereocenters. The SMILES string of the molecule is Cc1ccc(CNC2CCSc3ccc(Cl)cc32)c(C)c1. The number of aryl methyl sites for hydroxylation is 2. The van der Waals surface area contributed by atoms with Crippen LogP contribution in [0.3, 0.4) is 0 Å². The van der Waals surface area contributed by atoms with Crippen LogP contribution in [0.15, 0.2) is 41.3 Å². The van der Waals surface area contributed by atoms with Crippen LogP contribution in [0.2, 0.25) is 5.02 Å². The fourth-order valence-electron chi connectivity index (χ4n) is 2.85. The highest BCUT2D eigenvalue weighted by atomic mass is 35.5. The van der Waals surface area contributed by atoms with Crippen molar-refractivity contribution in [3.05, 3.63) is 63.7 Å². The molecule has 0 spiro atoms. The number of benzene rings is 2. The first-order valence-corrected chi connectivity index (χ1v) is 8.71. The fourth-order valence-corrected chi connectivity index (χ4v) is 4.14. The molecule has 1 N–H and O–H groups in total. The summed E-state index contributed by atoms with van der Waals surface area (Å²) in [6, 6.07) is 13.3. The Morgan fingerprint density at radius 2 is 2.05 bits per heavy atom. The van der Waals surface area contributed by atoms with Crippen LogP contribution in [0.1, 0.15) is 34.7 Å². The molecule has 0 fully saturated rings. The number of halogens is 1. The Morgan fingerprint density at radius 1 is 1.19 bits per heavy atom. The summed E-state index contributed by atoms with van der Waals surface area (Å²) in [5.74, 6) is 1.17. The van der Waals surface area contributed by atoms with Gasteiger partial charge in [0.1, 0.15) is 0 Å². The molecule has 0 saturated heterocycles. The van der Waals surface area contributed by atoms with Gasteiger partial charge in [0, 0.05) is 22.5 Å². The van der Waals surface area contributed by atoms with E-state index < -0.39 is 0 Å². The minimum Gasteiger partial charge on any atom is -0.306 e. The normalized spacial score (nSPS) is 17.6. The predicted molar refractivity (Wildman–Crippen MR) is 92.3 cm³/mol. The smallest absolute Gasteiger partial charge is 0.0410 e. The summed E-state index contributed by atoms with van der Waals surface area (Å²) < 4.78 is 0. The van der Waals surface area contributed by atoms with Gasteiger partial charge in [0.25, 0.3) is 0 Å². The van der Waals surface area contributed by atoms with Gasteiger partial charge in [0.2, 0.25) is 0 Å². The average Bonchev–Trinajstić information content (AvgIpc) is 2.46. The molecule has 0 amide bonds. The molecule has 0 aromatic heterocycles. The van der Waals surface area contributed by atoms with Crippen molar-refractivity contribution in [1.29, 1.82) is 0 Å². The lowest BCUT2D eigenvalue weighted by Crippen LogP contribution is -2.24. The second kappa shape index (κ2) is 6.43. The van der Waals surface area contributed by atoms with Crippen LogP contribution in [-0.2, 0) is 6.54 Å². The molecule has 2 aromatic carbocycles. The molecular weight excluding hydrogens is 298 g/mol. The monoisotopic (exact) mass is 317 g/mol. The van der Waals surface area contributed by atoms with Gasteiger partial charge in [-0.3, -0.25) is 0 Å². The summed E-state index contributed by atoms with van der Waals surface area (Å²) in [6.07, 6.45) is 1.16. The first-order valence-electron chi connectivity index (χ1n) is 7.35. The van der Waals surface area contributed by atoms with Crippen LogP contribution in [0, 0.1) is 13.8 Å². The van der Waals surface area contributed by atoms with Crippen molar-refractivity contribution in [3.63, 3.8) is 0 Å². The molecule has 21 heavy (non-hydrogen) atoms. The number of hydrogen-bond acceptors (Lipinski definition) is 2. The summed E-state index contributed by atoms with van der Waals surface area (Å²) in [5.41, 5.74) is 5.41. The lowest BCUT2D eigenvalue weighted by molar-refractivity contribution is 0.509. The summed E-state index contributed by atoms with van der Waals surface area (Å²) >= 11 is 8.09. The third-order valence-corrected chi connectivity index (χ3v) is 5.41. The Labute approximate surface area is 136 Å². The molecule has 110 valence electrons. The minimum atomic E-state index is 0.403. The number of fused-ring (bicyclic) bond motifs is 1. The fraction of sp³-hybridized carbons (Fsp3) is 0.333. The molecule has 1 aliphatic heterocycles. The van der Waals surface area contributed by atoms with Gasteiger partial charge in [0.15, 0.2) is 0 Å². The van der Waals surface area contributed by atoms with Gasteiger partial charge in [-0.1, -0.05) is 35.4 Å². The van der Waals surface area contributed by atoms with Gasteiger partial charge in [0.05, 0.1) is 0 Å². The standard InChI is InChI=1S/C18H20ClNS/c1-12-3-4-14(13(2)9-12)11-20-17-7-8-21-18-6-5-15(19)10-16(17)18/h3-6,9-10,17,20H,7-8,11H2,1-2H3. The second-order valence-electron chi connectivity index (χ2n) is 5.68. The molecule has 0 bridgehead atoms. The number of hydrogen-bond donors (Lipinski definition) is 1. The summed E-state index contributed by atoms with van der Waals surface area (Å²) in [5, 5.41) is 4.54. The Bertz CT molecular complexity index is 654. The number of thioether (sulfide) groups is 1. The molecule has 1 heterocycles. The highest BCUT2D eigenvalue weighted by molar-refractivity contribution is 7.99. The quantitative estimate of drug-likeness (QED) is 0.826. The van der Waals surface area contributed by atoms with E-state index in [1.807, 2.05) is 17.8 Å². The van der Waals surface area contributed by atoms with E-state index in [0.717, 1.165) is 18.0 Å². The van der Waals surface area contributed by atoms with E-state index in [1.165, 1.54) is 32.9 Å². The average molecular weight is 318 g/mol. The van der Waals surface area contributed by atoms with Gasteiger partial charge in [-0.2, -0.15) is 0 Å². The van der Waals surface area contributed by atoms with E-state index in [4.69, 9.17) is 11.6 Å². The molecule has 3 rings (SSSR count). The Hall–Kier alpha value is -0.960. The van der Waals surface area contributed by atoms with Crippen molar-refractivity contribution in [1.82, 2.24) is 5.32 Å². The minimum absolute atomic E-state index is 0.403. The second-order valence-corrected chi connectivity index (χ2v) is 7.26. The lowest BCUT2D eigenvalue weighted by atomic mass is 10.0. The summed E-state index contributed by atoms with van der Waals surface area (Å²) in [6.45, 7) is 5.24. The topological polar surface area (TPSA) is 12.0 Å². The van der Waals surface area contributed by atoms with Crippen molar-refractivity contribution < 1.29 is 0 Å². The lowest BCUT2D eigenvalue weighted by Gasteiger charge is -2.26. The third kappa shape index (κ3) is 3.45. The van der Waals surface area contributed by atoms with Crippen LogP contribution in [0.25, 0.3) is 0 Å². The van der Waals surface area contributed by atoms with Gasteiger partial charge < -0.3 is 5.32 Å². The van der Waals surface area contributed by atoms with Gasteiger partial charge in [-0.15, -0.1) is 11.8 Å². The largest absolute Gasteiger partial charge is 0.306 e. The maximum absolute atomic E-state index is 6.16. The van der Waals surface area contributed by atoms with E-state index in [-0.39, 0.29) is 0 Å². The maximum atomic E-state index is 6.16. The molecular formula is C18H20ClNS. The third-order valence-electron chi connectivity index (χ3n) is 4.05. The Kier molecular flexibility index (Phi) is 4.58. The first kappa shape index (κ1) is 15.0. The van der Waals surface area contributed by atoms with E-state index in [9.17, 15) is 0 Å². The zero-order valence-corrected chi connectivity index (χ0v) is 14.0. The maximum Gasteiger partial charge on any atom is 0.0410 e. The van der Waals surface area contributed by atoms with E-state index in [0.29, 0.717) is 6.04 Å². The van der Waals surface area contributed by atoms with E-state index in [2.05, 4.69) is 49.5 Å². The number of rotatable bonds is 3. The molecule has 0 saturated carbocycles. The van der Waals surface area contributed by atoms with Crippen molar-refractivity contribution in [2.75, 3.05) is 5.75 Å². The van der Waals surface area contributed by atoms with Crippen LogP contribution in [0.5, 0.6) is 0 Å². The van der Waals surface area contributed by atoms with E-state index in [1.54, 1.807) is 0 Å². The van der Waals surface area contributed by atoms with Crippen LogP contribution in [-0.4, -0.2) is 5.75 Å². The zero-order chi connectivity index (χ0) is 14.8. The van der Waals surface area contributed by atoms with Crippen LogP contribution < -0.4 is 5.32 Å². The molecule has 3 heteroatoms. The zero-order valence-electron chi connectivity index (χ0n) is 12.4. The van der Waals surface area contributed by atoms with Crippen molar-refractivity contribution >= 4 is 23.4 Å². The predicted octanol–water partition coefficient (Wildman–Crippen LogP) is 5.28. The molecule has 1 nitrogen and oxygen atoms in total. The van der Waals surface area contributed by atoms with Crippen molar-refractivity contribution in [3.8, 4) is 0 Å². The van der Waals surface area contributed by atoms with Crippen LogP contribution in [0.4, 0.5) is 0 Å². The van der Waals surface area contributed by atoms with Crippen LogP contribution >= 0.6 is 23.4 Å². The molecule has 2 aromatic rings. The Morgan fingerprint density at radius 3 is 2.86 bits per heavy atom. The highest BCUT2D eigenvalue weighted by Crippen LogP contribution is 2.37. The summed E-state index contributed by atoms with van der Waals surface area (Å²) in [4.78, 5) is 1.36. The first-order chi connectivity index (χ1) is 10.1. The van der Waals surface area contributed by atoms with E-state index >= 15 is 0 Å². The van der Waals surface area contributed by atoms with Crippen molar-refractivity contribution in [2.24, 2.45) is 0 Å². The number of nitrogens with one attached hydrogen (secondary N) is 1.